The molecular weight excluding hydrogens is 362 g/mol. The highest BCUT2D eigenvalue weighted by molar-refractivity contribution is 8.01. The van der Waals surface area contributed by atoms with Crippen LogP contribution in [-0.4, -0.2) is 19.4 Å². The van der Waals surface area contributed by atoms with Crippen LogP contribution in [0.3, 0.4) is 0 Å². The third-order valence-corrected chi connectivity index (χ3v) is 7.26. The topological polar surface area (TPSA) is 46.5 Å². The molecule has 136 valence electrons. The quantitative estimate of drug-likeness (QED) is 0.353. The van der Waals surface area contributed by atoms with Crippen molar-refractivity contribution in [2.75, 3.05) is 0 Å². The molecule has 1 aliphatic carbocycles. The number of aryl methyl sites for hydroxylation is 1. The largest absolute Gasteiger partial charge is 0.282 e. The molecule has 26 heavy (non-hydrogen) atoms. The third-order valence-electron chi connectivity index (χ3n) is 4.51. The van der Waals surface area contributed by atoms with E-state index >= 15 is 0 Å². The molecule has 1 saturated carbocycles. The number of nitrogens with zero attached hydrogens (tertiary/aromatic N) is 1. The molecule has 0 bridgehead atoms. The van der Waals surface area contributed by atoms with Gasteiger partial charge in [0.15, 0.2) is 0 Å². The highest BCUT2D eigenvalue weighted by Gasteiger charge is 2.44. The molecule has 0 radical (unpaired) electrons. The van der Waals surface area contributed by atoms with Gasteiger partial charge in [-0.2, -0.15) is 12.8 Å². The SMILES string of the molecule is C=CCC(/C=N/S(=O)(=O)c1ccc(C)cc1)(Sc1ccccc1)C1CC1. The van der Waals surface area contributed by atoms with Gasteiger partial charge in [-0.15, -0.1) is 18.3 Å². The molecule has 1 unspecified atom stereocenters. The molecule has 0 amide bonds. The summed E-state index contributed by atoms with van der Waals surface area (Å²) in [5, 5.41) is 0. The molecular formula is C21H23NO2S2. The Hall–Kier alpha value is -1.85. The summed E-state index contributed by atoms with van der Waals surface area (Å²) in [5.41, 5.74) is 1.02. The van der Waals surface area contributed by atoms with Crippen molar-refractivity contribution < 1.29 is 8.42 Å². The Morgan fingerprint density at radius 3 is 2.38 bits per heavy atom. The van der Waals surface area contributed by atoms with Crippen molar-refractivity contribution in [2.45, 2.75) is 40.7 Å². The first-order valence-electron chi connectivity index (χ1n) is 8.68. The number of sulfonamides is 1. The second kappa shape index (κ2) is 7.80. The first-order chi connectivity index (χ1) is 12.5. The summed E-state index contributed by atoms with van der Waals surface area (Å²) < 4.78 is 29.0. The molecule has 5 heteroatoms. The first kappa shape index (κ1) is 18.9. The van der Waals surface area contributed by atoms with Crippen molar-refractivity contribution >= 4 is 28.0 Å². The van der Waals surface area contributed by atoms with E-state index in [1.165, 1.54) is 0 Å². The molecule has 0 aromatic heterocycles. The minimum Gasteiger partial charge on any atom is -0.199 e. The summed E-state index contributed by atoms with van der Waals surface area (Å²) in [6.45, 7) is 5.81. The van der Waals surface area contributed by atoms with Gasteiger partial charge in [-0.05, 0) is 56.4 Å². The maximum Gasteiger partial charge on any atom is 0.282 e. The van der Waals surface area contributed by atoms with Crippen LogP contribution < -0.4 is 0 Å². The van der Waals surface area contributed by atoms with Crippen LogP contribution in [0.25, 0.3) is 0 Å². The van der Waals surface area contributed by atoms with Crippen LogP contribution in [0, 0.1) is 12.8 Å². The molecule has 3 nitrogen and oxygen atoms in total. The first-order valence-corrected chi connectivity index (χ1v) is 10.9. The number of hydrogen-bond acceptors (Lipinski definition) is 3. The lowest BCUT2D eigenvalue weighted by Crippen LogP contribution is -2.29. The molecule has 0 heterocycles. The van der Waals surface area contributed by atoms with Crippen LogP contribution in [-0.2, 0) is 10.0 Å². The van der Waals surface area contributed by atoms with Gasteiger partial charge in [-0.25, -0.2) is 0 Å². The fraction of sp³-hybridized carbons (Fsp3) is 0.286. The Balaban J connectivity index is 1.93. The van der Waals surface area contributed by atoms with Gasteiger partial charge >= 0.3 is 0 Å². The highest BCUT2D eigenvalue weighted by Crippen LogP contribution is 2.51. The van der Waals surface area contributed by atoms with Crippen LogP contribution in [0.15, 0.2) is 81.4 Å². The molecule has 2 aromatic carbocycles. The summed E-state index contributed by atoms with van der Waals surface area (Å²) in [4.78, 5) is 1.34. The van der Waals surface area contributed by atoms with Gasteiger partial charge in [0.2, 0.25) is 0 Å². The summed E-state index contributed by atoms with van der Waals surface area (Å²) in [6, 6.07) is 16.9. The fourth-order valence-corrected chi connectivity index (χ4v) is 5.35. The van der Waals surface area contributed by atoms with E-state index < -0.39 is 10.0 Å². The van der Waals surface area contributed by atoms with E-state index in [-0.39, 0.29) is 9.64 Å². The lowest BCUT2D eigenvalue weighted by Gasteiger charge is -2.28. The Morgan fingerprint density at radius 1 is 1.15 bits per heavy atom. The maximum absolute atomic E-state index is 12.7. The molecule has 0 N–H and O–H groups in total. The number of thioether (sulfide) groups is 1. The average molecular weight is 386 g/mol. The van der Waals surface area contributed by atoms with E-state index in [1.54, 1.807) is 42.2 Å². The summed E-state index contributed by atoms with van der Waals surface area (Å²) >= 11 is 1.68. The monoisotopic (exact) mass is 385 g/mol. The van der Waals surface area contributed by atoms with E-state index in [2.05, 4.69) is 11.0 Å². The molecule has 1 aliphatic rings. The van der Waals surface area contributed by atoms with Crippen molar-refractivity contribution in [1.29, 1.82) is 0 Å². The van der Waals surface area contributed by atoms with Crippen molar-refractivity contribution in [3.8, 4) is 0 Å². The third kappa shape index (κ3) is 4.46. The molecule has 1 atom stereocenters. The predicted octanol–water partition coefficient (Wildman–Crippen LogP) is 5.27. The number of hydrogen-bond donors (Lipinski definition) is 0. The highest BCUT2D eigenvalue weighted by atomic mass is 32.2. The number of allylic oxidation sites excluding steroid dienone is 1. The molecule has 0 aliphatic heterocycles. The summed E-state index contributed by atoms with van der Waals surface area (Å²) in [7, 11) is -3.70. The lowest BCUT2D eigenvalue weighted by atomic mass is 10.0. The molecule has 2 aromatic rings. The molecule has 0 spiro atoms. The van der Waals surface area contributed by atoms with E-state index in [0.717, 1.165) is 23.3 Å². The summed E-state index contributed by atoms with van der Waals surface area (Å²) in [5.74, 6) is 0.419. The Kier molecular flexibility index (Phi) is 5.68. The minimum absolute atomic E-state index is 0.229. The van der Waals surface area contributed by atoms with E-state index in [4.69, 9.17) is 0 Å². The van der Waals surface area contributed by atoms with Gasteiger partial charge in [0.25, 0.3) is 10.0 Å². The Bertz CT molecular complexity index is 885. The lowest BCUT2D eigenvalue weighted by molar-refractivity contribution is 0.597. The Labute approximate surface area is 160 Å². The van der Waals surface area contributed by atoms with Crippen molar-refractivity contribution in [1.82, 2.24) is 0 Å². The summed E-state index contributed by atoms with van der Waals surface area (Å²) in [6.07, 6.45) is 6.37. The van der Waals surface area contributed by atoms with Crippen LogP contribution in [0.5, 0.6) is 0 Å². The van der Waals surface area contributed by atoms with E-state index in [0.29, 0.717) is 12.3 Å². The smallest absolute Gasteiger partial charge is 0.199 e. The van der Waals surface area contributed by atoms with Crippen molar-refractivity contribution in [3.05, 3.63) is 72.8 Å². The van der Waals surface area contributed by atoms with E-state index in [9.17, 15) is 8.42 Å². The number of rotatable bonds is 8. The standard InChI is InChI=1S/C21H23NO2S2/c1-3-15-21(18-11-12-18,25-19-7-5-4-6-8-19)16-22-26(23,24)20-13-9-17(2)10-14-20/h3-10,13-14,16,18H,1,11-12,15H2,2H3/b22-16+. The predicted molar refractivity (Wildman–Crippen MR) is 109 cm³/mol. The normalized spacial score (nSPS) is 17.1. The van der Waals surface area contributed by atoms with Gasteiger partial charge in [-0.3, -0.25) is 0 Å². The van der Waals surface area contributed by atoms with Gasteiger partial charge in [0.1, 0.15) is 0 Å². The van der Waals surface area contributed by atoms with Gasteiger partial charge in [0.05, 0.1) is 9.64 Å². The minimum atomic E-state index is -3.70. The van der Waals surface area contributed by atoms with Gasteiger partial charge in [0, 0.05) is 11.1 Å². The van der Waals surface area contributed by atoms with Crippen LogP contribution in [0.4, 0.5) is 0 Å². The molecule has 3 rings (SSSR count). The second-order valence-corrected chi connectivity index (χ2v) is 9.73. The van der Waals surface area contributed by atoms with E-state index in [1.807, 2.05) is 43.3 Å². The zero-order chi connectivity index (χ0) is 18.6. The van der Waals surface area contributed by atoms with Crippen LogP contribution >= 0.6 is 11.8 Å². The average Bonchev–Trinajstić information content (AvgIpc) is 3.47. The Morgan fingerprint density at radius 2 is 1.81 bits per heavy atom. The van der Waals surface area contributed by atoms with Crippen LogP contribution in [0.2, 0.25) is 0 Å². The van der Waals surface area contributed by atoms with Gasteiger partial charge in [-0.1, -0.05) is 42.0 Å². The van der Waals surface area contributed by atoms with Crippen molar-refractivity contribution in [2.24, 2.45) is 10.3 Å². The van der Waals surface area contributed by atoms with Gasteiger partial charge < -0.3 is 0 Å². The van der Waals surface area contributed by atoms with Crippen molar-refractivity contribution in [3.63, 3.8) is 0 Å². The zero-order valence-corrected chi connectivity index (χ0v) is 16.5. The fourth-order valence-electron chi connectivity index (χ4n) is 2.91. The molecule has 0 saturated heterocycles. The van der Waals surface area contributed by atoms with Crippen LogP contribution in [0.1, 0.15) is 24.8 Å². The maximum atomic E-state index is 12.7. The zero-order valence-electron chi connectivity index (χ0n) is 14.8. The second-order valence-electron chi connectivity index (χ2n) is 6.66. The number of benzene rings is 2. The molecule has 1 fully saturated rings.